The highest BCUT2D eigenvalue weighted by molar-refractivity contribution is 5.58. The van der Waals surface area contributed by atoms with Crippen LogP contribution in [0, 0.1) is 6.92 Å². The number of nitrogens with one attached hydrogen (secondary N) is 1. The van der Waals surface area contributed by atoms with Crippen molar-refractivity contribution >= 4 is 0 Å². The topological polar surface area (TPSA) is 37.8 Å². The molecule has 16 heavy (non-hydrogen) atoms. The van der Waals surface area contributed by atoms with E-state index in [9.17, 15) is 0 Å². The fraction of sp³-hybridized carbons (Fsp3) is 0.231. The van der Waals surface area contributed by atoms with Crippen LogP contribution in [-0.2, 0) is 6.54 Å². The Bertz CT molecular complexity index is 446. The highest BCUT2D eigenvalue weighted by Crippen LogP contribution is 2.16. The van der Waals surface area contributed by atoms with Gasteiger partial charge in [0.15, 0.2) is 0 Å². The van der Waals surface area contributed by atoms with Gasteiger partial charge in [-0.2, -0.15) is 10.2 Å². The average molecular weight is 213 g/mol. The number of aromatic nitrogens is 2. The van der Waals surface area contributed by atoms with Crippen LogP contribution in [0.4, 0.5) is 0 Å². The maximum atomic E-state index is 4.21. The molecule has 82 valence electrons. The molecular weight excluding hydrogens is 198 g/mol. The van der Waals surface area contributed by atoms with Crippen LogP contribution in [0.3, 0.4) is 0 Å². The standard InChI is InChI=1S/C13H15N3/c1-10-3-5-11(6-4-10)13-8-7-12(9-14-2)15-16-13/h3-8,14H,9H2,1-2H3. The minimum atomic E-state index is 0.751. The van der Waals surface area contributed by atoms with E-state index in [1.165, 1.54) is 5.56 Å². The van der Waals surface area contributed by atoms with Crippen LogP contribution in [0.1, 0.15) is 11.3 Å². The lowest BCUT2D eigenvalue weighted by molar-refractivity contribution is 0.768. The summed E-state index contributed by atoms with van der Waals surface area (Å²) >= 11 is 0. The van der Waals surface area contributed by atoms with E-state index in [0.29, 0.717) is 0 Å². The van der Waals surface area contributed by atoms with Crippen molar-refractivity contribution < 1.29 is 0 Å². The van der Waals surface area contributed by atoms with E-state index in [4.69, 9.17) is 0 Å². The Morgan fingerprint density at radius 1 is 1.00 bits per heavy atom. The van der Waals surface area contributed by atoms with Gasteiger partial charge in [-0.25, -0.2) is 0 Å². The van der Waals surface area contributed by atoms with Crippen molar-refractivity contribution in [1.29, 1.82) is 0 Å². The quantitative estimate of drug-likeness (QED) is 0.849. The predicted octanol–water partition coefficient (Wildman–Crippen LogP) is 2.17. The average Bonchev–Trinajstić information content (AvgIpc) is 2.32. The van der Waals surface area contributed by atoms with Crippen molar-refractivity contribution in [2.24, 2.45) is 0 Å². The van der Waals surface area contributed by atoms with E-state index in [1.807, 2.05) is 19.2 Å². The summed E-state index contributed by atoms with van der Waals surface area (Å²) < 4.78 is 0. The van der Waals surface area contributed by atoms with Gasteiger partial charge < -0.3 is 5.32 Å². The van der Waals surface area contributed by atoms with Crippen LogP contribution in [0.5, 0.6) is 0 Å². The Morgan fingerprint density at radius 3 is 2.31 bits per heavy atom. The molecule has 1 N–H and O–H groups in total. The molecule has 1 heterocycles. The molecule has 0 saturated carbocycles. The first-order chi connectivity index (χ1) is 7.79. The largest absolute Gasteiger partial charge is 0.314 e. The minimum absolute atomic E-state index is 0.751. The normalized spacial score (nSPS) is 10.4. The lowest BCUT2D eigenvalue weighted by atomic mass is 10.1. The molecule has 2 rings (SSSR count). The molecule has 0 atom stereocenters. The van der Waals surface area contributed by atoms with Crippen molar-refractivity contribution in [3.63, 3.8) is 0 Å². The maximum absolute atomic E-state index is 4.21. The van der Waals surface area contributed by atoms with Gasteiger partial charge in [-0.3, -0.25) is 0 Å². The van der Waals surface area contributed by atoms with Gasteiger partial charge in [-0.05, 0) is 26.1 Å². The summed E-state index contributed by atoms with van der Waals surface area (Å²) in [5, 5.41) is 11.4. The highest BCUT2D eigenvalue weighted by atomic mass is 15.1. The Hall–Kier alpha value is -1.74. The number of hydrogen-bond acceptors (Lipinski definition) is 3. The number of aryl methyl sites for hydroxylation is 1. The second-order valence-electron chi connectivity index (χ2n) is 3.81. The molecule has 3 nitrogen and oxygen atoms in total. The van der Waals surface area contributed by atoms with Crippen LogP contribution in [0.25, 0.3) is 11.3 Å². The second kappa shape index (κ2) is 4.86. The molecule has 0 unspecified atom stereocenters. The van der Waals surface area contributed by atoms with Crippen molar-refractivity contribution in [3.8, 4) is 11.3 Å². The van der Waals surface area contributed by atoms with E-state index in [2.05, 4.69) is 46.7 Å². The van der Waals surface area contributed by atoms with Crippen LogP contribution in [0.15, 0.2) is 36.4 Å². The third kappa shape index (κ3) is 2.44. The molecule has 0 aliphatic carbocycles. The summed E-state index contributed by atoms with van der Waals surface area (Å²) in [7, 11) is 1.90. The van der Waals surface area contributed by atoms with Gasteiger partial charge in [0.25, 0.3) is 0 Å². The zero-order valence-corrected chi connectivity index (χ0v) is 9.57. The summed E-state index contributed by atoms with van der Waals surface area (Å²) in [4.78, 5) is 0. The summed E-state index contributed by atoms with van der Waals surface area (Å²) in [6, 6.07) is 12.3. The van der Waals surface area contributed by atoms with Crippen LogP contribution >= 0.6 is 0 Å². The molecule has 0 aliphatic heterocycles. The van der Waals surface area contributed by atoms with E-state index < -0.39 is 0 Å². The summed E-state index contributed by atoms with van der Waals surface area (Å²) in [6.45, 7) is 2.83. The zero-order valence-electron chi connectivity index (χ0n) is 9.57. The van der Waals surface area contributed by atoms with E-state index in [0.717, 1.165) is 23.5 Å². The summed E-state index contributed by atoms with van der Waals surface area (Å²) in [6.07, 6.45) is 0. The molecule has 0 aliphatic rings. The molecule has 0 spiro atoms. The monoisotopic (exact) mass is 213 g/mol. The van der Waals surface area contributed by atoms with Crippen LogP contribution in [0.2, 0.25) is 0 Å². The Morgan fingerprint density at radius 2 is 1.75 bits per heavy atom. The summed E-state index contributed by atoms with van der Waals surface area (Å²) in [5.74, 6) is 0. The zero-order chi connectivity index (χ0) is 11.4. The molecule has 0 bridgehead atoms. The van der Waals surface area contributed by atoms with Gasteiger partial charge in [-0.15, -0.1) is 0 Å². The number of hydrogen-bond donors (Lipinski definition) is 1. The molecule has 1 aromatic heterocycles. The predicted molar refractivity (Wildman–Crippen MR) is 65.0 cm³/mol. The molecule has 2 aromatic rings. The third-order valence-electron chi connectivity index (χ3n) is 2.42. The SMILES string of the molecule is CNCc1ccc(-c2ccc(C)cc2)nn1. The van der Waals surface area contributed by atoms with Gasteiger partial charge >= 0.3 is 0 Å². The fourth-order valence-electron chi connectivity index (χ4n) is 1.51. The Balaban J connectivity index is 2.24. The Labute approximate surface area is 95.5 Å². The first kappa shape index (κ1) is 10.8. The molecule has 3 heteroatoms. The number of benzene rings is 1. The van der Waals surface area contributed by atoms with Gasteiger partial charge in [0.2, 0.25) is 0 Å². The molecular formula is C13H15N3. The van der Waals surface area contributed by atoms with E-state index in [-0.39, 0.29) is 0 Å². The lowest BCUT2D eigenvalue weighted by Crippen LogP contribution is -2.07. The smallest absolute Gasteiger partial charge is 0.0929 e. The molecule has 0 amide bonds. The molecule has 1 aromatic carbocycles. The van der Waals surface area contributed by atoms with Crippen molar-refractivity contribution in [3.05, 3.63) is 47.7 Å². The summed E-state index contributed by atoms with van der Waals surface area (Å²) in [5.41, 5.74) is 4.23. The molecule has 0 fully saturated rings. The van der Waals surface area contributed by atoms with Crippen molar-refractivity contribution in [1.82, 2.24) is 15.5 Å². The van der Waals surface area contributed by atoms with Crippen LogP contribution in [-0.4, -0.2) is 17.2 Å². The minimum Gasteiger partial charge on any atom is -0.314 e. The lowest BCUT2D eigenvalue weighted by Gasteiger charge is -2.02. The van der Waals surface area contributed by atoms with Gasteiger partial charge in [0.05, 0.1) is 11.4 Å². The first-order valence-electron chi connectivity index (χ1n) is 5.34. The van der Waals surface area contributed by atoms with Gasteiger partial charge in [0.1, 0.15) is 0 Å². The van der Waals surface area contributed by atoms with E-state index >= 15 is 0 Å². The van der Waals surface area contributed by atoms with Crippen molar-refractivity contribution in [2.45, 2.75) is 13.5 Å². The Kier molecular flexibility index (Phi) is 3.27. The second-order valence-corrected chi connectivity index (χ2v) is 3.81. The van der Waals surface area contributed by atoms with Crippen molar-refractivity contribution in [2.75, 3.05) is 7.05 Å². The third-order valence-corrected chi connectivity index (χ3v) is 2.42. The first-order valence-corrected chi connectivity index (χ1v) is 5.34. The molecule has 0 radical (unpaired) electrons. The molecule has 0 saturated heterocycles. The maximum Gasteiger partial charge on any atom is 0.0929 e. The van der Waals surface area contributed by atoms with Gasteiger partial charge in [0, 0.05) is 12.1 Å². The highest BCUT2D eigenvalue weighted by Gasteiger charge is 2.00. The fourth-order valence-corrected chi connectivity index (χ4v) is 1.51. The van der Waals surface area contributed by atoms with E-state index in [1.54, 1.807) is 0 Å². The van der Waals surface area contributed by atoms with Crippen LogP contribution < -0.4 is 5.32 Å². The number of rotatable bonds is 3. The van der Waals surface area contributed by atoms with Gasteiger partial charge in [-0.1, -0.05) is 29.8 Å². The number of nitrogens with zero attached hydrogens (tertiary/aromatic N) is 2.